The van der Waals surface area contributed by atoms with Crippen LogP contribution in [0, 0.1) is 6.92 Å². The molecule has 1 amide bonds. The van der Waals surface area contributed by atoms with E-state index in [9.17, 15) is 4.79 Å². The van der Waals surface area contributed by atoms with Crippen molar-refractivity contribution in [1.82, 2.24) is 14.3 Å². The molecule has 0 atom stereocenters. The van der Waals surface area contributed by atoms with Crippen LogP contribution in [0.5, 0.6) is 0 Å². The van der Waals surface area contributed by atoms with Crippen LogP contribution in [-0.2, 0) is 18.3 Å². The molecule has 5 heteroatoms. The van der Waals surface area contributed by atoms with E-state index < -0.39 is 0 Å². The van der Waals surface area contributed by atoms with Crippen LogP contribution in [0.15, 0.2) is 36.5 Å². The van der Waals surface area contributed by atoms with Gasteiger partial charge in [-0.05, 0) is 32.4 Å². The van der Waals surface area contributed by atoms with Gasteiger partial charge in [0.1, 0.15) is 0 Å². The number of nitrogens with one attached hydrogen (secondary N) is 1. The molecule has 23 heavy (non-hydrogen) atoms. The maximum atomic E-state index is 12.4. The van der Waals surface area contributed by atoms with Gasteiger partial charge in [-0.3, -0.25) is 9.48 Å². The molecule has 0 bridgehead atoms. The number of anilines is 1. The Kier molecular flexibility index (Phi) is 3.94. The summed E-state index contributed by atoms with van der Waals surface area (Å²) in [7, 11) is 1.86. The molecule has 0 aliphatic rings. The van der Waals surface area contributed by atoms with Crippen LogP contribution in [0.3, 0.4) is 0 Å². The van der Waals surface area contributed by atoms with Gasteiger partial charge in [0.25, 0.3) is 0 Å². The number of aromatic nitrogens is 3. The third kappa shape index (κ3) is 2.99. The molecular weight excluding hydrogens is 288 g/mol. The lowest BCUT2D eigenvalue weighted by atomic mass is 10.1. The second kappa shape index (κ2) is 5.91. The molecule has 0 saturated heterocycles. The molecule has 0 radical (unpaired) electrons. The number of fused-ring (bicyclic) bond motifs is 1. The highest BCUT2D eigenvalue weighted by molar-refractivity contribution is 5.95. The summed E-state index contributed by atoms with van der Waals surface area (Å²) in [6, 6.07) is 10.4. The van der Waals surface area contributed by atoms with Gasteiger partial charge in [-0.1, -0.05) is 18.2 Å². The third-order valence-electron chi connectivity index (χ3n) is 4.11. The number of hydrogen-bond acceptors (Lipinski definition) is 2. The van der Waals surface area contributed by atoms with Crippen LogP contribution in [0.1, 0.15) is 31.1 Å². The van der Waals surface area contributed by atoms with Gasteiger partial charge in [-0.2, -0.15) is 5.10 Å². The fourth-order valence-corrected chi connectivity index (χ4v) is 2.83. The van der Waals surface area contributed by atoms with E-state index >= 15 is 0 Å². The topological polar surface area (TPSA) is 51.9 Å². The molecule has 3 aromatic rings. The Morgan fingerprint density at radius 3 is 2.70 bits per heavy atom. The van der Waals surface area contributed by atoms with Crippen molar-refractivity contribution < 1.29 is 4.79 Å². The molecule has 0 spiro atoms. The number of amides is 1. The van der Waals surface area contributed by atoms with Crippen molar-refractivity contribution in [2.24, 2.45) is 7.05 Å². The van der Waals surface area contributed by atoms with Crippen molar-refractivity contribution in [3.05, 3.63) is 47.8 Å². The highest BCUT2D eigenvalue weighted by Crippen LogP contribution is 2.25. The van der Waals surface area contributed by atoms with Crippen molar-refractivity contribution in [3.8, 4) is 0 Å². The smallest absolute Gasteiger partial charge is 0.230 e. The normalized spacial score (nSPS) is 11.3. The molecule has 1 N–H and O–H groups in total. The quantitative estimate of drug-likeness (QED) is 0.802. The molecule has 3 rings (SSSR count). The summed E-state index contributed by atoms with van der Waals surface area (Å²) in [5.74, 6) is 0.553. The predicted octanol–water partition coefficient (Wildman–Crippen LogP) is 3.45. The minimum absolute atomic E-state index is 0.0465. The van der Waals surface area contributed by atoms with Crippen molar-refractivity contribution in [2.75, 3.05) is 5.32 Å². The lowest BCUT2D eigenvalue weighted by Crippen LogP contribution is -2.14. The monoisotopic (exact) mass is 310 g/mol. The highest BCUT2D eigenvalue weighted by Gasteiger charge is 2.14. The average Bonchev–Trinajstić information content (AvgIpc) is 3.00. The van der Waals surface area contributed by atoms with E-state index in [0.29, 0.717) is 18.3 Å². The van der Waals surface area contributed by atoms with Crippen LogP contribution in [0.4, 0.5) is 5.82 Å². The zero-order valence-electron chi connectivity index (χ0n) is 14.0. The first-order valence-electron chi connectivity index (χ1n) is 7.84. The number of aryl methyl sites for hydroxylation is 2. The number of rotatable bonds is 4. The largest absolute Gasteiger partial charge is 0.345 e. The standard InChI is InChI=1S/C18H22N4O/c1-12(2)22-11-14(15-7-5-6-8-16(15)22)10-18(23)19-17-9-13(3)21(4)20-17/h5-9,11-12H,10H2,1-4H3,(H,19,20,23). The molecule has 5 nitrogen and oxygen atoms in total. The van der Waals surface area contributed by atoms with Crippen LogP contribution < -0.4 is 5.32 Å². The van der Waals surface area contributed by atoms with Gasteiger partial charge in [-0.15, -0.1) is 0 Å². The summed E-state index contributed by atoms with van der Waals surface area (Å²) in [5, 5.41) is 8.28. The Hall–Kier alpha value is -2.56. The summed E-state index contributed by atoms with van der Waals surface area (Å²) in [5.41, 5.74) is 3.22. The van der Waals surface area contributed by atoms with Crippen LogP contribution in [0.2, 0.25) is 0 Å². The minimum atomic E-state index is -0.0465. The molecule has 0 aliphatic heterocycles. The molecule has 2 heterocycles. The molecule has 2 aromatic heterocycles. The molecule has 0 aliphatic carbocycles. The van der Waals surface area contributed by atoms with Gasteiger partial charge < -0.3 is 9.88 Å². The van der Waals surface area contributed by atoms with E-state index in [1.807, 2.05) is 32.2 Å². The van der Waals surface area contributed by atoms with Crippen LogP contribution in [0.25, 0.3) is 10.9 Å². The molecule has 0 unspecified atom stereocenters. The first-order valence-corrected chi connectivity index (χ1v) is 7.84. The van der Waals surface area contributed by atoms with Crippen molar-refractivity contribution in [1.29, 1.82) is 0 Å². The van der Waals surface area contributed by atoms with Gasteiger partial charge in [0, 0.05) is 41.9 Å². The predicted molar refractivity (Wildman–Crippen MR) is 92.6 cm³/mol. The first kappa shape index (κ1) is 15.3. The van der Waals surface area contributed by atoms with Crippen LogP contribution in [-0.4, -0.2) is 20.3 Å². The summed E-state index contributed by atoms with van der Waals surface area (Å²) in [6.07, 6.45) is 2.43. The maximum Gasteiger partial charge on any atom is 0.230 e. The highest BCUT2D eigenvalue weighted by atomic mass is 16.1. The number of carbonyl (C=O) groups excluding carboxylic acids is 1. The Balaban J connectivity index is 1.85. The zero-order valence-corrected chi connectivity index (χ0v) is 14.0. The SMILES string of the molecule is Cc1cc(NC(=O)Cc2cn(C(C)C)c3ccccc23)nn1C. The van der Waals surface area contributed by atoms with E-state index in [2.05, 4.69) is 47.2 Å². The number of nitrogens with zero attached hydrogens (tertiary/aromatic N) is 3. The molecular formula is C18H22N4O. The Labute approximate surface area is 135 Å². The molecule has 1 aromatic carbocycles. The van der Waals surface area contributed by atoms with E-state index in [4.69, 9.17) is 0 Å². The zero-order chi connectivity index (χ0) is 16.6. The first-order chi connectivity index (χ1) is 11.0. The molecule has 120 valence electrons. The van der Waals surface area contributed by atoms with E-state index in [-0.39, 0.29) is 5.91 Å². The van der Waals surface area contributed by atoms with E-state index in [1.54, 1.807) is 4.68 Å². The summed E-state index contributed by atoms with van der Waals surface area (Å²) in [6.45, 7) is 6.25. The Morgan fingerprint density at radius 1 is 1.30 bits per heavy atom. The fourth-order valence-electron chi connectivity index (χ4n) is 2.83. The lowest BCUT2D eigenvalue weighted by Gasteiger charge is -2.08. The van der Waals surface area contributed by atoms with Gasteiger partial charge in [-0.25, -0.2) is 0 Å². The van der Waals surface area contributed by atoms with Gasteiger partial charge in [0.05, 0.1) is 6.42 Å². The number of para-hydroxylation sites is 1. The lowest BCUT2D eigenvalue weighted by molar-refractivity contribution is -0.115. The second-order valence-corrected chi connectivity index (χ2v) is 6.19. The minimum Gasteiger partial charge on any atom is -0.345 e. The van der Waals surface area contributed by atoms with E-state index in [1.165, 1.54) is 5.52 Å². The second-order valence-electron chi connectivity index (χ2n) is 6.19. The summed E-state index contributed by atoms with van der Waals surface area (Å²) >= 11 is 0. The Morgan fingerprint density at radius 2 is 2.04 bits per heavy atom. The molecule has 0 saturated carbocycles. The average molecular weight is 310 g/mol. The van der Waals surface area contributed by atoms with E-state index in [0.717, 1.165) is 16.6 Å². The Bertz CT molecular complexity index is 838. The summed E-state index contributed by atoms with van der Waals surface area (Å²) in [4.78, 5) is 12.4. The van der Waals surface area contributed by atoms with Gasteiger partial charge in [0.2, 0.25) is 5.91 Å². The fraction of sp³-hybridized carbons (Fsp3) is 0.333. The van der Waals surface area contributed by atoms with Gasteiger partial charge in [0.15, 0.2) is 5.82 Å². The van der Waals surface area contributed by atoms with Crippen molar-refractivity contribution >= 4 is 22.6 Å². The third-order valence-corrected chi connectivity index (χ3v) is 4.11. The van der Waals surface area contributed by atoms with Gasteiger partial charge >= 0.3 is 0 Å². The number of hydrogen-bond donors (Lipinski definition) is 1. The molecule has 0 fully saturated rings. The van der Waals surface area contributed by atoms with Crippen molar-refractivity contribution in [3.63, 3.8) is 0 Å². The van der Waals surface area contributed by atoms with Crippen molar-refractivity contribution in [2.45, 2.75) is 33.2 Å². The maximum absolute atomic E-state index is 12.4. The summed E-state index contributed by atoms with van der Waals surface area (Å²) < 4.78 is 3.96. The number of carbonyl (C=O) groups is 1. The number of benzene rings is 1. The van der Waals surface area contributed by atoms with Crippen LogP contribution >= 0.6 is 0 Å².